The second-order valence-electron chi connectivity index (χ2n) is 9.31. The average Bonchev–Trinajstić information content (AvgIpc) is 3.16. The first kappa shape index (κ1) is 24.5. The quantitative estimate of drug-likeness (QED) is 0.402. The average molecular weight is 495 g/mol. The van der Waals surface area contributed by atoms with Crippen LogP contribution in [-0.2, 0) is 34.5 Å². The van der Waals surface area contributed by atoms with Crippen LogP contribution in [0.3, 0.4) is 0 Å². The van der Waals surface area contributed by atoms with Gasteiger partial charge in [0, 0.05) is 63.8 Å². The van der Waals surface area contributed by atoms with Gasteiger partial charge in [-0.25, -0.2) is 4.39 Å². The Labute approximate surface area is 205 Å². The third-order valence-corrected chi connectivity index (χ3v) is 6.44. The Bertz CT molecular complexity index is 1440. The molecular formula is C26H27FN4O3S. The molecule has 1 amide bonds. The zero-order chi connectivity index (χ0) is 25.3. The van der Waals surface area contributed by atoms with Crippen LogP contribution in [0.15, 0.2) is 59.6 Å². The van der Waals surface area contributed by atoms with Crippen LogP contribution in [0, 0.1) is 5.82 Å². The zero-order valence-corrected chi connectivity index (χ0v) is 21.1. The number of hydrogen-bond acceptors (Lipinski definition) is 5. The van der Waals surface area contributed by atoms with E-state index < -0.39 is 16.6 Å². The Morgan fingerprint density at radius 2 is 1.91 bits per heavy atom. The van der Waals surface area contributed by atoms with Gasteiger partial charge in [-0.3, -0.25) is 18.7 Å². The number of halogens is 1. The highest BCUT2D eigenvalue weighted by Gasteiger charge is 2.20. The van der Waals surface area contributed by atoms with Gasteiger partial charge in [0.25, 0.3) is 0 Å². The van der Waals surface area contributed by atoms with Crippen LogP contribution in [0.2, 0.25) is 0 Å². The van der Waals surface area contributed by atoms with Crippen molar-refractivity contribution in [2.24, 2.45) is 7.05 Å². The van der Waals surface area contributed by atoms with Gasteiger partial charge in [-0.05, 0) is 35.9 Å². The lowest BCUT2D eigenvalue weighted by atomic mass is 9.92. The molecule has 0 radical (unpaired) electrons. The van der Waals surface area contributed by atoms with Gasteiger partial charge in [-0.2, -0.15) is 5.10 Å². The number of carbonyl (C=O) groups excluding carboxylic acids is 1. The molecule has 0 fully saturated rings. The summed E-state index contributed by atoms with van der Waals surface area (Å²) >= 11 is 0. The van der Waals surface area contributed by atoms with E-state index in [0.29, 0.717) is 27.4 Å². The summed E-state index contributed by atoms with van der Waals surface area (Å²) in [6, 6.07) is 13.2. The summed E-state index contributed by atoms with van der Waals surface area (Å²) in [7, 11) is 0.664. The minimum absolute atomic E-state index is 0.123. The van der Waals surface area contributed by atoms with E-state index in [1.165, 1.54) is 12.1 Å². The van der Waals surface area contributed by atoms with Crippen molar-refractivity contribution in [3.05, 3.63) is 71.8 Å². The van der Waals surface area contributed by atoms with E-state index in [2.05, 4.69) is 36.2 Å². The summed E-state index contributed by atoms with van der Waals surface area (Å²) in [5, 5.41) is 7.74. The minimum Gasteiger partial charge on any atom is -0.456 e. The lowest BCUT2D eigenvalue weighted by Crippen LogP contribution is -2.16. The molecule has 0 bridgehead atoms. The maximum atomic E-state index is 14.8. The van der Waals surface area contributed by atoms with E-state index in [9.17, 15) is 13.4 Å². The summed E-state index contributed by atoms with van der Waals surface area (Å²) in [6.45, 7) is 6.19. The van der Waals surface area contributed by atoms with Gasteiger partial charge in [0.05, 0.1) is 11.9 Å². The molecule has 0 spiro atoms. The van der Waals surface area contributed by atoms with E-state index in [1.807, 2.05) is 13.1 Å². The first-order valence-corrected chi connectivity index (χ1v) is 12.6. The Hall–Kier alpha value is -3.59. The third kappa shape index (κ3) is 5.57. The van der Waals surface area contributed by atoms with Crippen molar-refractivity contribution in [2.75, 3.05) is 11.6 Å². The first-order valence-electron chi connectivity index (χ1n) is 11.0. The summed E-state index contributed by atoms with van der Waals surface area (Å²) in [6.07, 6.45) is 3.05. The molecule has 2 aromatic carbocycles. The molecule has 7 nitrogen and oxygen atoms in total. The molecular weight excluding hydrogens is 467 g/mol. The maximum Gasteiger partial charge on any atom is 0.230 e. The van der Waals surface area contributed by atoms with Gasteiger partial charge >= 0.3 is 0 Å². The number of pyridine rings is 1. The standard InChI is InChI=1S/C26H27FN4O3S/c1-26(2,3)23-15-24(30-31(23)4)29-25(32)12-16-6-7-17(13-20(16)27)34-22-10-11-28-21-9-8-18(35(5)33)14-19(21)22/h6-11,13-15H,12H2,1-5H3,(H,29,30,32). The van der Waals surface area contributed by atoms with Crippen molar-refractivity contribution in [3.63, 3.8) is 0 Å². The number of hydrogen-bond donors (Lipinski definition) is 1. The van der Waals surface area contributed by atoms with Crippen molar-refractivity contribution >= 4 is 33.4 Å². The predicted octanol–water partition coefficient (Wildman–Crippen LogP) is 5.12. The highest BCUT2D eigenvalue weighted by molar-refractivity contribution is 7.84. The summed E-state index contributed by atoms with van der Waals surface area (Å²) in [5.74, 6) is 0.262. The molecule has 4 rings (SSSR count). The highest BCUT2D eigenvalue weighted by atomic mass is 32.2. The molecule has 0 saturated heterocycles. The molecule has 0 aliphatic carbocycles. The summed E-state index contributed by atoms with van der Waals surface area (Å²) < 4.78 is 34.3. The van der Waals surface area contributed by atoms with Gasteiger partial charge in [0.2, 0.25) is 5.91 Å². The molecule has 1 atom stereocenters. The van der Waals surface area contributed by atoms with Crippen LogP contribution in [-0.4, -0.2) is 31.1 Å². The SMILES string of the molecule is Cn1nc(NC(=O)Cc2ccc(Oc3ccnc4ccc(S(C)=O)cc34)cc2F)cc1C(C)(C)C. The van der Waals surface area contributed by atoms with Gasteiger partial charge < -0.3 is 10.1 Å². The van der Waals surface area contributed by atoms with E-state index in [-0.39, 0.29) is 29.1 Å². The molecule has 4 aromatic rings. The molecule has 182 valence electrons. The smallest absolute Gasteiger partial charge is 0.230 e. The number of amides is 1. The number of anilines is 1. The largest absolute Gasteiger partial charge is 0.456 e. The number of aryl methyl sites for hydroxylation is 1. The Morgan fingerprint density at radius 3 is 2.57 bits per heavy atom. The van der Waals surface area contributed by atoms with E-state index in [1.54, 1.807) is 47.5 Å². The Kier molecular flexibility index (Phi) is 6.71. The van der Waals surface area contributed by atoms with Crippen LogP contribution >= 0.6 is 0 Å². The second kappa shape index (κ2) is 9.58. The lowest BCUT2D eigenvalue weighted by Gasteiger charge is -2.17. The van der Waals surface area contributed by atoms with Crippen LogP contribution in [0.4, 0.5) is 10.2 Å². The normalized spacial score (nSPS) is 12.5. The van der Waals surface area contributed by atoms with Crippen molar-refractivity contribution < 1.29 is 18.1 Å². The Balaban J connectivity index is 1.49. The summed E-state index contributed by atoms with van der Waals surface area (Å²) in [4.78, 5) is 17.5. The van der Waals surface area contributed by atoms with Crippen LogP contribution in [0.25, 0.3) is 10.9 Å². The van der Waals surface area contributed by atoms with Gasteiger partial charge in [-0.15, -0.1) is 0 Å². The van der Waals surface area contributed by atoms with Crippen LogP contribution in [0.5, 0.6) is 11.5 Å². The molecule has 2 heterocycles. The molecule has 0 aliphatic heterocycles. The number of carbonyl (C=O) groups is 1. The number of fused-ring (bicyclic) bond motifs is 1. The second-order valence-corrected chi connectivity index (χ2v) is 10.7. The van der Waals surface area contributed by atoms with E-state index in [0.717, 1.165) is 5.69 Å². The van der Waals surface area contributed by atoms with Crippen LogP contribution in [0.1, 0.15) is 32.0 Å². The molecule has 9 heteroatoms. The number of nitrogens with zero attached hydrogens (tertiary/aromatic N) is 3. The Morgan fingerprint density at radius 1 is 1.14 bits per heavy atom. The molecule has 0 aliphatic rings. The fraction of sp³-hybridized carbons (Fsp3) is 0.269. The maximum absolute atomic E-state index is 14.8. The van der Waals surface area contributed by atoms with Gasteiger partial charge in [0.1, 0.15) is 17.3 Å². The van der Waals surface area contributed by atoms with Gasteiger partial charge in [0.15, 0.2) is 5.82 Å². The number of ether oxygens (including phenoxy) is 1. The van der Waals surface area contributed by atoms with Crippen LogP contribution < -0.4 is 10.1 Å². The van der Waals surface area contributed by atoms with Crippen molar-refractivity contribution in [1.82, 2.24) is 14.8 Å². The first-order chi connectivity index (χ1) is 16.5. The zero-order valence-electron chi connectivity index (χ0n) is 20.3. The fourth-order valence-electron chi connectivity index (χ4n) is 3.82. The van der Waals surface area contributed by atoms with Crippen molar-refractivity contribution in [1.29, 1.82) is 0 Å². The highest BCUT2D eigenvalue weighted by Crippen LogP contribution is 2.31. The molecule has 2 aromatic heterocycles. The minimum atomic E-state index is -1.16. The summed E-state index contributed by atoms with van der Waals surface area (Å²) in [5.41, 5.74) is 1.77. The topological polar surface area (TPSA) is 86.1 Å². The van der Waals surface area contributed by atoms with E-state index in [4.69, 9.17) is 4.74 Å². The number of benzene rings is 2. The molecule has 1 N–H and O–H groups in total. The number of rotatable bonds is 6. The molecule has 35 heavy (non-hydrogen) atoms. The predicted molar refractivity (Wildman–Crippen MR) is 135 cm³/mol. The van der Waals surface area contributed by atoms with Gasteiger partial charge in [-0.1, -0.05) is 26.8 Å². The molecule has 0 saturated carbocycles. The fourth-order valence-corrected chi connectivity index (χ4v) is 4.36. The lowest BCUT2D eigenvalue weighted by molar-refractivity contribution is -0.115. The number of nitrogens with one attached hydrogen (secondary N) is 1. The molecule has 1 unspecified atom stereocenters. The monoisotopic (exact) mass is 494 g/mol. The van der Waals surface area contributed by atoms with Crippen molar-refractivity contribution in [2.45, 2.75) is 37.5 Å². The van der Waals surface area contributed by atoms with Crippen molar-refractivity contribution in [3.8, 4) is 11.5 Å². The van der Waals surface area contributed by atoms with E-state index >= 15 is 0 Å². The third-order valence-electron chi connectivity index (χ3n) is 5.52. The number of aromatic nitrogens is 3.